The average molecular weight is 362 g/mol. The van der Waals surface area contributed by atoms with E-state index >= 15 is 0 Å². The van der Waals surface area contributed by atoms with Gasteiger partial charge in [-0.2, -0.15) is 0 Å². The van der Waals surface area contributed by atoms with Crippen molar-refractivity contribution >= 4 is 28.8 Å². The summed E-state index contributed by atoms with van der Waals surface area (Å²) in [5.41, 5.74) is 3.51. The Labute approximate surface area is 150 Å². The molecular formula is C18H20ClN3OS. The van der Waals surface area contributed by atoms with Crippen molar-refractivity contribution in [2.45, 2.75) is 44.3 Å². The topological polar surface area (TPSA) is 54.0 Å². The van der Waals surface area contributed by atoms with Gasteiger partial charge in [0.1, 0.15) is 0 Å². The van der Waals surface area contributed by atoms with Crippen LogP contribution in [0.15, 0.2) is 35.2 Å². The molecule has 2 aromatic rings. The largest absolute Gasteiger partial charge is 0.351 e. The maximum absolute atomic E-state index is 13.1. The van der Waals surface area contributed by atoms with Crippen LogP contribution >= 0.6 is 22.9 Å². The number of rotatable bonds is 5. The summed E-state index contributed by atoms with van der Waals surface area (Å²) in [6.45, 7) is 0.510. The van der Waals surface area contributed by atoms with E-state index in [-0.39, 0.29) is 17.4 Å². The number of benzene rings is 1. The molecule has 4 rings (SSSR count). The maximum atomic E-state index is 13.1. The van der Waals surface area contributed by atoms with E-state index in [9.17, 15) is 4.79 Å². The van der Waals surface area contributed by atoms with Gasteiger partial charge in [-0.1, -0.05) is 23.7 Å². The van der Waals surface area contributed by atoms with E-state index in [2.05, 4.69) is 21.0 Å². The molecule has 2 N–H and O–H groups in total. The van der Waals surface area contributed by atoms with Crippen LogP contribution in [0, 0.1) is 5.41 Å². The van der Waals surface area contributed by atoms with Gasteiger partial charge in [-0.25, -0.2) is 4.98 Å². The summed E-state index contributed by atoms with van der Waals surface area (Å²) in [5, 5.41) is 9.51. The lowest BCUT2D eigenvalue weighted by Crippen LogP contribution is -2.49. The summed E-state index contributed by atoms with van der Waals surface area (Å²) in [6, 6.07) is 8.35. The number of hydrogen-bond donors (Lipinski definition) is 2. The van der Waals surface area contributed by atoms with Gasteiger partial charge in [-0.3, -0.25) is 4.79 Å². The lowest BCUT2D eigenvalue weighted by molar-refractivity contribution is -0.132. The first-order valence-electron chi connectivity index (χ1n) is 8.31. The Bertz CT molecular complexity index is 736. The van der Waals surface area contributed by atoms with E-state index in [0.29, 0.717) is 24.0 Å². The molecule has 126 valence electrons. The van der Waals surface area contributed by atoms with Crippen molar-refractivity contribution < 1.29 is 4.79 Å². The third-order valence-corrected chi connectivity index (χ3v) is 6.16. The molecule has 0 spiro atoms. The number of halogens is 1. The van der Waals surface area contributed by atoms with Crippen molar-refractivity contribution in [3.8, 4) is 0 Å². The summed E-state index contributed by atoms with van der Waals surface area (Å²) < 4.78 is 0. The molecule has 2 fully saturated rings. The van der Waals surface area contributed by atoms with E-state index in [4.69, 9.17) is 11.6 Å². The highest BCUT2D eigenvalue weighted by molar-refractivity contribution is 7.07. The molecule has 2 saturated heterocycles. The monoisotopic (exact) mass is 361 g/mol. The van der Waals surface area contributed by atoms with Crippen LogP contribution in [0.2, 0.25) is 5.02 Å². The van der Waals surface area contributed by atoms with Crippen molar-refractivity contribution in [2.24, 2.45) is 5.41 Å². The Hall–Kier alpha value is -1.43. The quantitative estimate of drug-likeness (QED) is 0.860. The standard InChI is InChI=1S/C18H20ClN3OS/c19-13-3-1-2-12(6-13)9-20-17(23)18(8-15-10-24-11-21-15)7-14-4-5-16(18)22-14/h1-3,6,10-11,14,16,22H,4-5,7-9H2,(H,20,23)/t14?,16?,18-/m0/s1. The number of aromatic nitrogens is 1. The van der Waals surface area contributed by atoms with Crippen molar-refractivity contribution in [3.05, 3.63) is 51.4 Å². The first-order valence-corrected chi connectivity index (χ1v) is 9.64. The molecule has 3 heterocycles. The molecule has 0 radical (unpaired) electrons. The second-order valence-electron chi connectivity index (χ2n) is 6.82. The molecule has 24 heavy (non-hydrogen) atoms. The number of carbonyl (C=O) groups excluding carboxylic acids is 1. The third kappa shape index (κ3) is 2.96. The average Bonchev–Trinajstić information content (AvgIpc) is 3.30. The van der Waals surface area contributed by atoms with Crippen LogP contribution in [-0.4, -0.2) is 23.0 Å². The van der Waals surface area contributed by atoms with Crippen molar-refractivity contribution in [2.75, 3.05) is 0 Å². The van der Waals surface area contributed by atoms with E-state index in [0.717, 1.165) is 24.1 Å². The smallest absolute Gasteiger partial charge is 0.228 e. The van der Waals surface area contributed by atoms with Gasteiger partial charge < -0.3 is 10.6 Å². The van der Waals surface area contributed by atoms with Gasteiger partial charge in [-0.15, -0.1) is 11.3 Å². The van der Waals surface area contributed by atoms with Crippen LogP contribution in [-0.2, 0) is 17.8 Å². The number of hydrogen-bond acceptors (Lipinski definition) is 4. The molecule has 6 heteroatoms. The van der Waals surface area contributed by atoms with Crippen LogP contribution in [0.5, 0.6) is 0 Å². The first-order chi connectivity index (χ1) is 11.7. The highest BCUT2D eigenvalue weighted by atomic mass is 35.5. The van der Waals surface area contributed by atoms with Crippen LogP contribution in [0.1, 0.15) is 30.5 Å². The number of fused-ring (bicyclic) bond motifs is 2. The summed E-state index contributed by atoms with van der Waals surface area (Å²) in [5.74, 6) is 0.134. The summed E-state index contributed by atoms with van der Waals surface area (Å²) in [7, 11) is 0. The number of amides is 1. The number of thiazole rings is 1. The van der Waals surface area contributed by atoms with Crippen molar-refractivity contribution in [1.82, 2.24) is 15.6 Å². The number of nitrogens with zero attached hydrogens (tertiary/aromatic N) is 1. The number of carbonyl (C=O) groups is 1. The Morgan fingerprint density at radius 3 is 3.04 bits per heavy atom. The second-order valence-corrected chi connectivity index (χ2v) is 7.98. The fourth-order valence-corrected chi connectivity index (χ4v) is 4.95. The minimum absolute atomic E-state index is 0.134. The molecule has 1 aromatic heterocycles. The molecular weight excluding hydrogens is 342 g/mol. The minimum atomic E-state index is -0.379. The summed E-state index contributed by atoms with van der Waals surface area (Å²) >= 11 is 7.62. The SMILES string of the molecule is O=C(NCc1cccc(Cl)c1)[C@]1(Cc2cscn2)CC2CCC1N2. The molecule has 2 aliphatic heterocycles. The fourth-order valence-electron chi connectivity index (χ4n) is 4.18. The van der Waals surface area contributed by atoms with Gasteiger partial charge in [0.05, 0.1) is 16.6 Å². The molecule has 1 aromatic carbocycles. The van der Waals surface area contributed by atoms with Crippen molar-refractivity contribution in [3.63, 3.8) is 0 Å². The molecule has 1 amide bonds. The Morgan fingerprint density at radius 1 is 1.46 bits per heavy atom. The van der Waals surface area contributed by atoms with E-state index in [1.807, 2.05) is 29.8 Å². The maximum Gasteiger partial charge on any atom is 0.228 e. The van der Waals surface area contributed by atoms with Gasteiger partial charge in [-0.05, 0) is 37.0 Å². The predicted octanol–water partition coefficient (Wildman–Crippen LogP) is 3.17. The van der Waals surface area contributed by atoms with Crippen molar-refractivity contribution in [1.29, 1.82) is 0 Å². The van der Waals surface area contributed by atoms with Gasteiger partial charge in [0.2, 0.25) is 5.91 Å². The van der Waals surface area contributed by atoms with Crippen LogP contribution in [0.25, 0.3) is 0 Å². The summed E-state index contributed by atoms with van der Waals surface area (Å²) in [6.07, 6.45) is 3.85. The molecule has 2 aliphatic rings. The highest BCUT2D eigenvalue weighted by Gasteiger charge is 2.55. The highest BCUT2D eigenvalue weighted by Crippen LogP contribution is 2.45. The van der Waals surface area contributed by atoms with E-state index in [1.54, 1.807) is 11.3 Å². The molecule has 0 aliphatic carbocycles. The minimum Gasteiger partial charge on any atom is -0.351 e. The molecule has 0 saturated carbocycles. The lowest BCUT2D eigenvalue weighted by Gasteiger charge is -2.34. The zero-order valence-corrected chi connectivity index (χ0v) is 14.9. The van der Waals surface area contributed by atoms with Gasteiger partial charge >= 0.3 is 0 Å². The second kappa shape index (κ2) is 6.47. The zero-order chi connectivity index (χ0) is 16.6. The first kappa shape index (κ1) is 16.1. The molecule has 4 nitrogen and oxygen atoms in total. The third-order valence-electron chi connectivity index (χ3n) is 5.29. The van der Waals surface area contributed by atoms with Crippen LogP contribution < -0.4 is 10.6 Å². The zero-order valence-electron chi connectivity index (χ0n) is 13.3. The Balaban J connectivity index is 1.52. The summed E-state index contributed by atoms with van der Waals surface area (Å²) in [4.78, 5) is 17.5. The fraction of sp³-hybridized carbons (Fsp3) is 0.444. The predicted molar refractivity (Wildman–Crippen MR) is 96.1 cm³/mol. The van der Waals surface area contributed by atoms with E-state index in [1.165, 1.54) is 6.42 Å². The van der Waals surface area contributed by atoms with Gasteiger partial charge in [0, 0.05) is 35.5 Å². The number of nitrogens with one attached hydrogen (secondary N) is 2. The van der Waals surface area contributed by atoms with Gasteiger partial charge in [0.15, 0.2) is 0 Å². The molecule has 2 bridgehead atoms. The Kier molecular flexibility index (Phi) is 4.33. The lowest BCUT2D eigenvalue weighted by atomic mass is 9.70. The van der Waals surface area contributed by atoms with Crippen LogP contribution in [0.4, 0.5) is 0 Å². The molecule has 3 atom stereocenters. The normalized spacial score (nSPS) is 28.2. The van der Waals surface area contributed by atoms with Gasteiger partial charge in [0.25, 0.3) is 0 Å². The van der Waals surface area contributed by atoms with Crippen LogP contribution in [0.3, 0.4) is 0 Å². The molecule has 2 unspecified atom stereocenters. The van der Waals surface area contributed by atoms with E-state index < -0.39 is 0 Å². The Morgan fingerprint density at radius 2 is 2.38 bits per heavy atom.